The number of esters is 1. The maximum atomic E-state index is 12.8. The number of halogens is 1. The van der Waals surface area contributed by atoms with Crippen LogP contribution in [-0.2, 0) is 20.7 Å². The normalized spacial score (nSPS) is 10.0. The first kappa shape index (κ1) is 13.4. The van der Waals surface area contributed by atoms with Gasteiger partial charge in [-0.05, 0) is 24.6 Å². The van der Waals surface area contributed by atoms with Crippen molar-refractivity contribution in [3.8, 4) is 0 Å². The van der Waals surface area contributed by atoms with Crippen LogP contribution in [0.1, 0.15) is 25.3 Å². The van der Waals surface area contributed by atoms with E-state index >= 15 is 0 Å². The minimum atomic E-state index is -0.375. The van der Waals surface area contributed by atoms with E-state index in [9.17, 15) is 14.0 Å². The van der Waals surface area contributed by atoms with E-state index in [0.717, 1.165) is 0 Å². The number of carbonyl (C=O) groups is 2. The van der Waals surface area contributed by atoms with Gasteiger partial charge in [0, 0.05) is 12.8 Å². The highest BCUT2D eigenvalue weighted by molar-refractivity contribution is 5.84. The zero-order valence-corrected chi connectivity index (χ0v) is 9.74. The molecule has 0 aliphatic heterocycles. The fourth-order valence-corrected chi connectivity index (χ4v) is 1.44. The third-order valence-corrected chi connectivity index (χ3v) is 2.20. The Bertz CT molecular complexity index is 401. The molecule has 4 heteroatoms. The molecule has 1 aromatic rings. The number of hydrogen-bond donors (Lipinski definition) is 0. The van der Waals surface area contributed by atoms with Crippen molar-refractivity contribution in [2.24, 2.45) is 0 Å². The van der Waals surface area contributed by atoms with Crippen LogP contribution in [0.2, 0.25) is 0 Å². The number of carbonyl (C=O) groups excluding carboxylic acids is 2. The molecule has 17 heavy (non-hydrogen) atoms. The van der Waals surface area contributed by atoms with Crippen molar-refractivity contribution in [2.45, 2.75) is 26.2 Å². The topological polar surface area (TPSA) is 43.4 Å². The first-order valence-corrected chi connectivity index (χ1v) is 5.53. The van der Waals surface area contributed by atoms with Gasteiger partial charge in [0.2, 0.25) is 0 Å². The fourth-order valence-electron chi connectivity index (χ4n) is 1.44. The van der Waals surface area contributed by atoms with E-state index in [0.29, 0.717) is 12.2 Å². The molecule has 1 rings (SSSR count). The number of benzene rings is 1. The predicted octanol–water partition coefficient (Wildman–Crippen LogP) is 2.28. The van der Waals surface area contributed by atoms with Crippen LogP contribution in [0.4, 0.5) is 4.39 Å². The summed E-state index contributed by atoms with van der Waals surface area (Å²) in [5.74, 6) is -0.829. The summed E-state index contributed by atoms with van der Waals surface area (Å²) in [4.78, 5) is 22.5. The summed E-state index contributed by atoms with van der Waals surface area (Å²) < 4.78 is 17.6. The first-order valence-electron chi connectivity index (χ1n) is 5.53. The Morgan fingerprint density at radius 2 is 2.06 bits per heavy atom. The van der Waals surface area contributed by atoms with Gasteiger partial charge in [-0.1, -0.05) is 12.1 Å². The lowest BCUT2D eigenvalue weighted by molar-refractivity contribution is -0.144. The molecule has 1 aromatic carbocycles. The van der Waals surface area contributed by atoms with Crippen molar-refractivity contribution < 1.29 is 18.7 Å². The fraction of sp³-hybridized carbons (Fsp3) is 0.385. The molecule has 0 amide bonds. The predicted molar refractivity (Wildman–Crippen MR) is 61.0 cm³/mol. The van der Waals surface area contributed by atoms with E-state index in [1.165, 1.54) is 12.1 Å². The lowest BCUT2D eigenvalue weighted by Gasteiger charge is -2.02. The van der Waals surface area contributed by atoms with E-state index in [1.807, 2.05) is 0 Å². The Morgan fingerprint density at radius 3 is 2.71 bits per heavy atom. The van der Waals surface area contributed by atoms with Crippen LogP contribution in [0.15, 0.2) is 24.3 Å². The van der Waals surface area contributed by atoms with Crippen LogP contribution in [-0.4, -0.2) is 18.4 Å². The second kappa shape index (κ2) is 6.78. The highest BCUT2D eigenvalue weighted by Crippen LogP contribution is 2.07. The zero-order chi connectivity index (χ0) is 12.7. The molecule has 0 unspecified atom stereocenters. The van der Waals surface area contributed by atoms with E-state index in [2.05, 4.69) is 0 Å². The van der Waals surface area contributed by atoms with E-state index in [-0.39, 0.29) is 36.8 Å². The van der Waals surface area contributed by atoms with Gasteiger partial charge in [-0.25, -0.2) is 4.39 Å². The summed E-state index contributed by atoms with van der Waals surface area (Å²) in [6.07, 6.45) is 0.370. The van der Waals surface area contributed by atoms with E-state index < -0.39 is 0 Å². The summed E-state index contributed by atoms with van der Waals surface area (Å²) in [6.45, 7) is 2.03. The Balaban J connectivity index is 2.37. The number of rotatable bonds is 6. The van der Waals surface area contributed by atoms with Crippen molar-refractivity contribution in [1.82, 2.24) is 0 Å². The van der Waals surface area contributed by atoms with Crippen molar-refractivity contribution in [1.29, 1.82) is 0 Å². The lowest BCUT2D eigenvalue weighted by atomic mass is 10.1. The molecular formula is C13H15FO3. The third kappa shape index (κ3) is 5.24. The average molecular weight is 238 g/mol. The van der Waals surface area contributed by atoms with Crippen LogP contribution >= 0.6 is 0 Å². The molecule has 3 nitrogen and oxygen atoms in total. The van der Waals surface area contributed by atoms with E-state index in [1.54, 1.807) is 19.1 Å². The second-order valence-electron chi connectivity index (χ2n) is 3.65. The summed E-state index contributed by atoms with van der Waals surface area (Å²) in [7, 11) is 0. The minimum absolute atomic E-state index is 0.0853. The molecule has 0 spiro atoms. The standard InChI is InChI=1S/C13H15FO3/c1-2-17-13(16)7-6-12(15)9-10-4-3-5-11(14)8-10/h3-5,8H,2,6-7,9H2,1H3. The molecule has 92 valence electrons. The molecule has 0 heterocycles. The molecule has 0 aliphatic rings. The molecule has 0 bridgehead atoms. The van der Waals surface area contributed by atoms with Crippen molar-refractivity contribution >= 4 is 11.8 Å². The van der Waals surface area contributed by atoms with Gasteiger partial charge in [0.1, 0.15) is 11.6 Å². The Hall–Kier alpha value is -1.71. The zero-order valence-electron chi connectivity index (χ0n) is 9.74. The number of Topliss-reactive ketones (excluding diaryl/α,β-unsaturated/α-hetero) is 1. The molecule has 0 atom stereocenters. The highest BCUT2D eigenvalue weighted by atomic mass is 19.1. The van der Waals surface area contributed by atoms with Crippen molar-refractivity contribution in [3.05, 3.63) is 35.6 Å². The smallest absolute Gasteiger partial charge is 0.306 e. The summed E-state index contributed by atoms with van der Waals surface area (Å²) in [5.41, 5.74) is 0.624. The Morgan fingerprint density at radius 1 is 1.29 bits per heavy atom. The van der Waals surface area contributed by atoms with Crippen molar-refractivity contribution in [2.75, 3.05) is 6.61 Å². The summed E-state index contributed by atoms with van der Waals surface area (Å²) in [5, 5.41) is 0. The van der Waals surface area contributed by atoms with Crippen LogP contribution in [0.5, 0.6) is 0 Å². The summed E-state index contributed by atoms with van der Waals surface area (Å²) in [6, 6.07) is 5.89. The molecule has 0 N–H and O–H groups in total. The van der Waals surface area contributed by atoms with E-state index in [4.69, 9.17) is 4.74 Å². The lowest BCUT2D eigenvalue weighted by Crippen LogP contribution is -2.09. The van der Waals surface area contributed by atoms with Gasteiger partial charge in [0.15, 0.2) is 0 Å². The van der Waals surface area contributed by atoms with Gasteiger partial charge in [0.25, 0.3) is 0 Å². The first-order chi connectivity index (χ1) is 8.11. The number of ketones is 1. The Labute approximate surface area is 99.6 Å². The monoisotopic (exact) mass is 238 g/mol. The maximum Gasteiger partial charge on any atom is 0.306 e. The van der Waals surface area contributed by atoms with Gasteiger partial charge in [-0.3, -0.25) is 9.59 Å². The van der Waals surface area contributed by atoms with Gasteiger partial charge >= 0.3 is 5.97 Å². The maximum absolute atomic E-state index is 12.8. The van der Waals surface area contributed by atoms with Crippen molar-refractivity contribution in [3.63, 3.8) is 0 Å². The number of ether oxygens (including phenoxy) is 1. The van der Waals surface area contributed by atoms with Gasteiger partial charge in [-0.15, -0.1) is 0 Å². The SMILES string of the molecule is CCOC(=O)CCC(=O)Cc1cccc(F)c1. The number of hydrogen-bond acceptors (Lipinski definition) is 3. The van der Waals surface area contributed by atoms with Crippen LogP contribution in [0, 0.1) is 5.82 Å². The van der Waals surface area contributed by atoms with Gasteiger partial charge in [-0.2, -0.15) is 0 Å². The van der Waals surface area contributed by atoms with Gasteiger partial charge < -0.3 is 4.74 Å². The Kier molecular flexibility index (Phi) is 5.33. The van der Waals surface area contributed by atoms with Crippen LogP contribution in [0.25, 0.3) is 0 Å². The summed E-state index contributed by atoms with van der Waals surface area (Å²) >= 11 is 0. The molecule has 0 saturated heterocycles. The largest absolute Gasteiger partial charge is 0.466 e. The minimum Gasteiger partial charge on any atom is -0.466 e. The van der Waals surface area contributed by atoms with Crippen LogP contribution < -0.4 is 0 Å². The molecule has 0 radical (unpaired) electrons. The second-order valence-corrected chi connectivity index (χ2v) is 3.65. The third-order valence-electron chi connectivity index (χ3n) is 2.20. The molecule has 0 aliphatic carbocycles. The molecule has 0 saturated carbocycles. The molecule has 0 fully saturated rings. The average Bonchev–Trinajstić information content (AvgIpc) is 2.27. The molecular weight excluding hydrogens is 223 g/mol. The van der Waals surface area contributed by atoms with Gasteiger partial charge in [0.05, 0.1) is 13.0 Å². The quantitative estimate of drug-likeness (QED) is 0.714. The molecule has 0 aromatic heterocycles. The van der Waals surface area contributed by atoms with Crippen LogP contribution in [0.3, 0.4) is 0 Å². The highest BCUT2D eigenvalue weighted by Gasteiger charge is 2.08.